The van der Waals surface area contributed by atoms with E-state index in [0.717, 1.165) is 12.1 Å². The van der Waals surface area contributed by atoms with E-state index in [0.29, 0.717) is 28.7 Å². The summed E-state index contributed by atoms with van der Waals surface area (Å²) in [5.74, 6) is 0.412. The van der Waals surface area contributed by atoms with Crippen LogP contribution in [0.25, 0.3) is 11.1 Å². The molecule has 2 rings (SSSR count). The smallest absolute Gasteiger partial charge is 0.416 e. The number of ether oxygens (including phenoxy) is 1. The Labute approximate surface area is 113 Å². The van der Waals surface area contributed by atoms with Gasteiger partial charge in [-0.2, -0.15) is 13.2 Å². The first-order valence-electron chi connectivity index (χ1n) is 5.76. The number of aldehydes is 1. The highest BCUT2D eigenvalue weighted by atomic mass is 19.4. The van der Waals surface area contributed by atoms with Crippen LogP contribution in [0.3, 0.4) is 0 Å². The molecule has 0 spiro atoms. The maximum Gasteiger partial charge on any atom is 0.416 e. The van der Waals surface area contributed by atoms with Gasteiger partial charge in [0.1, 0.15) is 12.0 Å². The van der Waals surface area contributed by atoms with E-state index in [-0.39, 0.29) is 0 Å². The van der Waals surface area contributed by atoms with Crippen molar-refractivity contribution in [2.75, 3.05) is 7.11 Å². The zero-order valence-corrected chi connectivity index (χ0v) is 10.6. The fourth-order valence-corrected chi connectivity index (χ4v) is 1.89. The summed E-state index contributed by atoms with van der Waals surface area (Å²) in [4.78, 5) is 10.8. The molecule has 0 aliphatic heterocycles. The molecule has 0 bridgehead atoms. The van der Waals surface area contributed by atoms with Crippen molar-refractivity contribution in [2.45, 2.75) is 6.18 Å². The molecule has 104 valence electrons. The fraction of sp³-hybridized carbons (Fsp3) is 0.133. The third kappa shape index (κ3) is 2.82. The van der Waals surface area contributed by atoms with Crippen molar-refractivity contribution in [3.63, 3.8) is 0 Å². The Balaban J connectivity index is 2.58. The van der Waals surface area contributed by atoms with Crippen LogP contribution in [-0.4, -0.2) is 13.4 Å². The van der Waals surface area contributed by atoms with Gasteiger partial charge in [-0.05, 0) is 35.9 Å². The molecule has 0 radical (unpaired) electrons. The topological polar surface area (TPSA) is 26.3 Å². The van der Waals surface area contributed by atoms with Crippen LogP contribution < -0.4 is 4.74 Å². The molecule has 2 aromatic rings. The molecule has 0 saturated carbocycles. The van der Waals surface area contributed by atoms with Crippen LogP contribution in [0.5, 0.6) is 5.75 Å². The highest BCUT2D eigenvalue weighted by Crippen LogP contribution is 2.35. The van der Waals surface area contributed by atoms with Crippen molar-refractivity contribution >= 4 is 6.29 Å². The summed E-state index contributed by atoms with van der Waals surface area (Å²) in [6.07, 6.45) is -3.78. The van der Waals surface area contributed by atoms with Crippen LogP contribution >= 0.6 is 0 Å². The molecule has 2 nitrogen and oxygen atoms in total. The second-order valence-corrected chi connectivity index (χ2v) is 4.16. The lowest BCUT2D eigenvalue weighted by molar-refractivity contribution is -0.137. The molecule has 0 unspecified atom stereocenters. The number of hydrogen-bond donors (Lipinski definition) is 0. The van der Waals surface area contributed by atoms with Crippen molar-refractivity contribution in [1.29, 1.82) is 0 Å². The molecule has 0 aliphatic rings. The minimum absolute atomic E-state index is 0.348. The molecule has 0 heterocycles. The first kappa shape index (κ1) is 14.1. The van der Waals surface area contributed by atoms with Crippen LogP contribution in [-0.2, 0) is 6.18 Å². The van der Waals surface area contributed by atoms with Gasteiger partial charge in [-0.3, -0.25) is 4.79 Å². The fourth-order valence-electron chi connectivity index (χ4n) is 1.89. The standard InChI is InChI=1S/C15H11F3O2/c1-20-14-6-5-10(9-19)7-13(14)11-3-2-4-12(8-11)15(16,17)18/h2-9H,1H3. The van der Waals surface area contributed by atoms with E-state index in [1.807, 2.05) is 0 Å². The van der Waals surface area contributed by atoms with Gasteiger partial charge in [0.2, 0.25) is 0 Å². The van der Waals surface area contributed by atoms with E-state index in [9.17, 15) is 18.0 Å². The zero-order chi connectivity index (χ0) is 14.8. The Morgan fingerprint density at radius 3 is 2.45 bits per heavy atom. The third-order valence-corrected chi connectivity index (χ3v) is 2.86. The first-order chi connectivity index (χ1) is 9.45. The number of halogens is 3. The van der Waals surface area contributed by atoms with Gasteiger partial charge in [0.15, 0.2) is 0 Å². The van der Waals surface area contributed by atoms with Crippen LogP contribution in [0.2, 0.25) is 0 Å². The summed E-state index contributed by atoms with van der Waals surface area (Å²) in [5, 5.41) is 0. The number of carbonyl (C=O) groups is 1. The number of methoxy groups -OCH3 is 1. The molecule has 0 aliphatic carbocycles. The highest BCUT2D eigenvalue weighted by molar-refractivity contribution is 5.81. The molecule has 0 saturated heterocycles. The largest absolute Gasteiger partial charge is 0.496 e. The maximum atomic E-state index is 12.7. The molecule has 0 N–H and O–H groups in total. The zero-order valence-electron chi connectivity index (χ0n) is 10.6. The second-order valence-electron chi connectivity index (χ2n) is 4.16. The SMILES string of the molecule is COc1ccc(C=O)cc1-c1cccc(C(F)(F)F)c1. The number of hydrogen-bond acceptors (Lipinski definition) is 2. The predicted molar refractivity (Wildman–Crippen MR) is 68.8 cm³/mol. The van der Waals surface area contributed by atoms with Crippen LogP contribution in [0.4, 0.5) is 13.2 Å². The lowest BCUT2D eigenvalue weighted by Crippen LogP contribution is -2.04. The molecule has 5 heteroatoms. The molecule has 0 amide bonds. The van der Waals surface area contributed by atoms with E-state index < -0.39 is 11.7 Å². The van der Waals surface area contributed by atoms with Gasteiger partial charge < -0.3 is 4.74 Å². The van der Waals surface area contributed by atoms with E-state index in [1.165, 1.54) is 19.2 Å². The van der Waals surface area contributed by atoms with Crippen LogP contribution in [0, 0.1) is 0 Å². The van der Waals surface area contributed by atoms with Gasteiger partial charge in [-0.25, -0.2) is 0 Å². The highest BCUT2D eigenvalue weighted by Gasteiger charge is 2.30. The van der Waals surface area contributed by atoms with Gasteiger partial charge in [0.25, 0.3) is 0 Å². The maximum absolute atomic E-state index is 12.7. The minimum atomic E-state index is -4.41. The molecule has 0 atom stereocenters. The average molecular weight is 280 g/mol. The molecule has 0 aromatic heterocycles. The van der Waals surface area contributed by atoms with Crippen LogP contribution in [0.15, 0.2) is 42.5 Å². The van der Waals surface area contributed by atoms with Crippen LogP contribution in [0.1, 0.15) is 15.9 Å². The molecule has 0 fully saturated rings. The molecule has 2 aromatic carbocycles. The Morgan fingerprint density at radius 2 is 1.85 bits per heavy atom. The predicted octanol–water partition coefficient (Wildman–Crippen LogP) is 4.19. The summed E-state index contributed by atoms with van der Waals surface area (Å²) in [7, 11) is 1.42. The van der Waals surface area contributed by atoms with Crippen molar-refractivity contribution < 1.29 is 22.7 Å². The third-order valence-electron chi connectivity index (χ3n) is 2.86. The number of carbonyl (C=O) groups excluding carboxylic acids is 1. The lowest BCUT2D eigenvalue weighted by atomic mass is 10.00. The summed E-state index contributed by atoms with van der Waals surface area (Å²) in [6.45, 7) is 0. The van der Waals surface area contributed by atoms with Gasteiger partial charge >= 0.3 is 6.18 Å². The summed E-state index contributed by atoms with van der Waals surface area (Å²) in [6, 6.07) is 9.50. The monoisotopic (exact) mass is 280 g/mol. The molecular weight excluding hydrogens is 269 g/mol. The van der Waals surface area contributed by atoms with E-state index in [4.69, 9.17) is 4.74 Å². The summed E-state index contributed by atoms with van der Waals surface area (Å²) >= 11 is 0. The number of alkyl halides is 3. The Bertz CT molecular complexity index is 633. The second kappa shape index (κ2) is 5.36. The first-order valence-corrected chi connectivity index (χ1v) is 5.76. The Kier molecular flexibility index (Phi) is 3.79. The van der Waals surface area contributed by atoms with Crippen molar-refractivity contribution in [3.05, 3.63) is 53.6 Å². The quantitative estimate of drug-likeness (QED) is 0.788. The average Bonchev–Trinajstić information content (AvgIpc) is 2.45. The normalized spacial score (nSPS) is 11.2. The Hall–Kier alpha value is -2.30. The molecular formula is C15H11F3O2. The molecule has 20 heavy (non-hydrogen) atoms. The summed E-state index contributed by atoms with van der Waals surface area (Å²) in [5.41, 5.74) is 0.426. The summed E-state index contributed by atoms with van der Waals surface area (Å²) < 4.78 is 43.3. The lowest BCUT2D eigenvalue weighted by Gasteiger charge is -2.12. The van der Waals surface area contributed by atoms with Crippen molar-refractivity contribution in [3.8, 4) is 16.9 Å². The van der Waals surface area contributed by atoms with Gasteiger partial charge in [0.05, 0.1) is 12.7 Å². The van der Waals surface area contributed by atoms with Crippen molar-refractivity contribution in [2.24, 2.45) is 0 Å². The van der Waals surface area contributed by atoms with E-state index >= 15 is 0 Å². The van der Waals surface area contributed by atoms with E-state index in [1.54, 1.807) is 18.2 Å². The van der Waals surface area contributed by atoms with Gasteiger partial charge in [-0.1, -0.05) is 12.1 Å². The Morgan fingerprint density at radius 1 is 1.10 bits per heavy atom. The van der Waals surface area contributed by atoms with Gasteiger partial charge in [0, 0.05) is 11.1 Å². The van der Waals surface area contributed by atoms with Crippen molar-refractivity contribution in [1.82, 2.24) is 0 Å². The van der Waals surface area contributed by atoms with E-state index in [2.05, 4.69) is 0 Å². The number of benzene rings is 2. The minimum Gasteiger partial charge on any atom is -0.496 e. The van der Waals surface area contributed by atoms with Gasteiger partial charge in [-0.15, -0.1) is 0 Å². The number of rotatable bonds is 3.